The van der Waals surface area contributed by atoms with E-state index in [0.717, 1.165) is 6.42 Å². The topological polar surface area (TPSA) is 0 Å². The lowest BCUT2D eigenvalue weighted by Crippen LogP contribution is -2.30. The highest BCUT2D eigenvalue weighted by Crippen LogP contribution is 2.32. The first kappa shape index (κ1) is 12.9. The van der Waals surface area contributed by atoms with Crippen molar-refractivity contribution in [2.45, 2.75) is 31.6 Å². The van der Waals surface area contributed by atoms with Crippen LogP contribution in [-0.2, 0) is 5.41 Å². The molecule has 0 saturated heterocycles. The van der Waals surface area contributed by atoms with Gasteiger partial charge in [0.05, 0.1) is 0 Å². The standard InChI is InChI=1S/C13H18Cl2/c1-2-3-9-13(10-14,11-15)12-7-5-4-6-8-12/h4-8H,2-3,9-11H2,1H3. The second kappa shape index (κ2) is 6.40. The first-order chi connectivity index (χ1) is 7.29. The quantitative estimate of drug-likeness (QED) is 0.643. The molecule has 0 saturated carbocycles. The molecular weight excluding hydrogens is 227 g/mol. The lowest BCUT2D eigenvalue weighted by Gasteiger charge is -2.30. The van der Waals surface area contributed by atoms with Crippen LogP contribution >= 0.6 is 23.2 Å². The molecule has 84 valence electrons. The molecule has 0 aromatic heterocycles. The van der Waals surface area contributed by atoms with E-state index in [-0.39, 0.29) is 5.41 Å². The maximum Gasteiger partial charge on any atom is 0.0332 e. The third-order valence-electron chi connectivity index (χ3n) is 2.91. The summed E-state index contributed by atoms with van der Waals surface area (Å²) in [7, 11) is 0. The van der Waals surface area contributed by atoms with E-state index in [1.165, 1.54) is 18.4 Å². The molecule has 0 spiro atoms. The van der Waals surface area contributed by atoms with Crippen molar-refractivity contribution in [3.63, 3.8) is 0 Å². The summed E-state index contributed by atoms with van der Waals surface area (Å²) in [5, 5.41) is 0. The molecule has 0 heterocycles. The van der Waals surface area contributed by atoms with Gasteiger partial charge in [-0.25, -0.2) is 0 Å². The van der Waals surface area contributed by atoms with Crippen molar-refractivity contribution in [3.8, 4) is 0 Å². The van der Waals surface area contributed by atoms with E-state index in [2.05, 4.69) is 31.2 Å². The molecule has 0 aliphatic heterocycles. The Hall–Kier alpha value is -0.200. The van der Waals surface area contributed by atoms with Crippen LogP contribution in [0.1, 0.15) is 31.7 Å². The minimum atomic E-state index is -0.0413. The normalized spacial score (nSPS) is 11.7. The van der Waals surface area contributed by atoms with Crippen LogP contribution in [0.2, 0.25) is 0 Å². The number of unbranched alkanes of at least 4 members (excludes halogenated alkanes) is 1. The summed E-state index contributed by atoms with van der Waals surface area (Å²) in [6.07, 6.45) is 3.43. The lowest BCUT2D eigenvalue weighted by atomic mass is 9.80. The molecule has 0 N–H and O–H groups in total. The van der Waals surface area contributed by atoms with Crippen LogP contribution in [-0.4, -0.2) is 11.8 Å². The van der Waals surface area contributed by atoms with Gasteiger partial charge in [0.25, 0.3) is 0 Å². The first-order valence-electron chi connectivity index (χ1n) is 5.46. The van der Waals surface area contributed by atoms with Crippen molar-refractivity contribution in [1.29, 1.82) is 0 Å². The van der Waals surface area contributed by atoms with Gasteiger partial charge in [0.15, 0.2) is 0 Å². The van der Waals surface area contributed by atoms with Gasteiger partial charge in [0, 0.05) is 17.2 Å². The van der Waals surface area contributed by atoms with Crippen LogP contribution in [0.5, 0.6) is 0 Å². The largest absolute Gasteiger partial charge is 0.126 e. The summed E-state index contributed by atoms with van der Waals surface area (Å²) in [5.41, 5.74) is 1.23. The number of rotatable bonds is 6. The third-order valence-corrected chi connectivity index (χ3v) is 3.93. The molecule has 15 heavy (non-hydrogen) atoms. The maximum absolute atomic E-state index is 6.11. The average Bonchev–Trinajstić information content (AvgIpc) is 2.33. The predicted molar refractivity (Wildman–Crippen MR) is 69.1 cm³/mol. The van der Waals surface area contributed by atoms with Gasteiger partial charge < -0.3 is 0 Å². The molecule has 1 rings (SSSR count). The highest BCUT2D eigenvalue weighted by atomic mass is 35.5. The number of alkyl halides is 2. The number of halogens is 2. The molecule has 0 aliphatic rings. The Morgan fingerprint density at radius 2 is 1.67 bits per heavy atom. The molecule has 0 atom stereocenters. The number of hydrogen-bond acceptors (Lipinski definition) is 0. The fraction of sp³-hybridized carbons (Fsp3) is 0.538. The summed E-state index contributed by atoms with van der Waals surface area (Å²) in [6.45, 7) is 2.19. The van der Waals surface area contributed by atoms with Gasteiger partial charge >= 0.3 is 0 Å². The van der Waals surface area contributed by atoms with Crippen molar-refractivity contribution in [3.05, 3.63) is 35.9 Å². The van der Waals surface area contributed by atoms with Crippen LogP contribution < -0.4 is 0 Å². The molecular formula is C13H18Cl2. The Morgan fingerprint density at radius 3 is 2.13 bits per heavy atom. The zero-order valence-electron chi connectivity index (χ0n) is 9.18. The zero-order valence-corrected chi connectivity index (χ0v) is 10.7. The third kappa shape index (κ3) is 3.12. The summed E-state index contributed by atoms with van der Waals surface area (Å²) in [4.78, 5) is 0. The van der Waals surface area contributed by atoms with Gasteiger partial charge in [0.2, 0.25) is 0 Å². The van der Waals surface area contributed by atoms with E-state index in [0.29, 0.717) is 11.8 Å². The summed E-state index contributed by atoms with van der Waals surface area (Å²) < 4.78 is 0. The minimum absolute atomic E-state index is 0.0413. The molecule has 0 aliphatic carbocycles. The fourth-order valence-corrected chi connectivity index (χ4v) is 2.64. The second-order valence-corrected chi connectivity index (χ2v) is 4.55. The van der Waals surface area contributed by atoms with Crippen molar-refractivity contribution in [2.75, 3.05) is 11.8 Å². The Bertz CT molecular complexity index is 265. The van der Waals surface area contributed by atoms with Crippen LogP contribution in [0.4, 0.5) is 0 Å². The molecule has 2 heteroatoms. The van der Waals surface area contributed by atoms with Crippen molar-refractivity contribution in [1.82, 2.24) is 0 Å². The van der Waals surface area contributed by atoms with Crippen molar-refractivity contribution >= 4 is 23.2 Å². The zero-order chi connectivity index (χ0) is 11.1. The monoisotopic (exact) mass is 244 g/mol. The van der Waals surface area contributed by atoms with E-state index in [9.17, 15) is 0 Å². The number of benzene rings is 1. The van der Waals surface area contributed by atoms with Gasteiger partial charge in [-0.05, 0) is 12.0 Å². The predicted octanol–water partition coefficient (Wildman–Crippen LogP) is 4.59. The lowest BCUT2D eigenvalue weighted by molar-refractivity contribution is 0.469. The Kier molecular flexibility index (Phi) is 5.49. The maximum atomic E-state index is 6.11. The molecule has 0 bridgehead atoms. The van der Waals surface area contributed by atoms with Gasteiger partial charge in [-0.1, -0.05) is 50.1 Å². The smallest absolute Gasteiger partial charge is 0.0332 e. The summed E-state index contributed by atoms with van der Waals surface area (Å²) in [5.74, 6) is 1.20. The molecule has 1 aromatic carbocycles. The Morgan fingerprint density at radius 1 is 1.07 bits per heavy atom. The summed E-state index contributed by atoms with van der Waals surface area (Å²) >= 11 is 12.2. The van der Waals surface area contributed by atoms with Crippen LogP contribution in [0, 0.1) is 0 Å². The van der Waals surface area contributed by atoms with Gasteiger partial charge in [-0.3, -0.25) is 0 Å². The van der Waals surface area contributed by atoms with Crippen molar-refractivity contribution in [2.24, 2.45) is 0 Å². The van der Waals surface area contributed by atoms with Gasteiger partial charge in [0.1, 0.15) is 0 Å². The van der Waals surface area contributed by atoms with E-state index in [1.807, 2.05) is 6.07 Å². The van der Waals surface area contributed by atoms with E-state index < -0.39 is 0 Å². The minimum Gasteiger partial charge on any atom is -0.126 e. The van der Waals surface area contributed by atoms with Gasteiger partial charge in [-0.2, -0.15) is 0 Å². The molecule has 0 nitrogen and oxygen atoms in total. The van der Waals surface area contributed by atoms with Crippen LogP contribution in [0.3, 0.4) is 0 Å². The van der Waals surface area contributed by atoms with E-state index >= 15 is 0 Å². The van der Waals surface area contributed by atoms with E-state index in [1.54, 1.807) is 0 Å². The second-order valence-electron chi connectivity index (χ2n) is 4.02. The van der Waals surface area contributed by atoms with Crippen LogP contribution in [0.15, 0.2) is 30.3 Å². The first-order valence-corrected chi connectivity index (χ1v) is 6.53. The SMILES string of the molecule is CCCCC(CCl)(CCl)c1ccccc1. The summed E-state index contributed by atoms with van der Waals surface area (Å²) in [6, 6.07) is 10.4. The molecule has 0 unspecified atom stereocenters. The molecule has 0 amide bonds. The van der Waals surface area contributed by atoms with E-state index in [4.69, 9.17) is 23.2 Å². The Labute approximate surface area is 103 Å². The average molecular weight is 245 g/mol. The molecule has 0 fully saturated rings. The highest BCUT2D eigenvalue weighted by Gasteiger charge is 2.29. The number of hydrogen-bond donors (Lipinski definition) is 0. The molecule has 0 radical (unpaired) electrons. The van der Waals surface area contributed by atoms with Crippen LogP contribution in [0.25, 0.3) is 0 Å². The van der Waals surface area contributed by atoms with Crippen molar-refractivity contribution < 1.29 is 0 Å². The molecule has 1 aromatic rings. The van der Waals surface area contributed by atoms with Gasteiger partial charge in [-0.15, -0.1) is 23.2 Å². The highest BCUT2D eigenvalue weighted by molar-refractivity contribution is 6.22. The Balaban J connectivity index is 2.89. The fourth-order valence-electron chi connectivity index (χ4n) is 1.77.